The summed E-state index contributed by atoms with van der Waals surface area (Å²) in [7, 11) is 0. The molecule has 0 amide bonds. The van der Waals surface area contributed by atoms with Crippen LogP contribution in [-0.2, 0) is 0 Å². The zero-order valence-corrected chi connectivity index (χ0v) is 11.0. The molecule has 0 saturated carbocycles. The Labute approximate surface area is 116 Å². The quantitative estimate of drug-likeness (QED) is 0.927. The molecule has 1 aliphatic heterocycles. The molecule has 0 spiro atoms. The number of nitrogens with zero attached hydrogens (tertiary/aromatic N) is 2. The Morgan fingerprint density at radius 2 is 1.90 bits per heavy atom. The van der Waals surface area contributed by atoms with Gasteiger partial charge in [0.1, 0.15) is 6.07 Å². The minimum atomic E-state index is -4.13. The van der Waals surface area contributed by atoms with Crippen molar-refractivity contribution in [3.63, 3.8) is 0 Å². The van der Waals surface area contributed by atoms with Crippen molar-refractivity contribution >= 4 is 5.69 Å². The van der Waals surface area contributed by atoms with Crippen LogP contribution in [0.2, 0.25) is 0 Å². The molecule has 0 unspecified atom stereocenters. The molecule has 1 aromatic rings. The van der Waals surface area contributed by atoms with Crippen LogP contribution in [0.15, 0.2) is 24.3 Å². The van der Waals surface area contributed by atoms with Gasteiger partial charge in [0.2, 0.25) is 0 Å². The van der Waals surface area contributed by atoms with Gasteiger partial charge in [-0.3, -0.25) is 4.90 Å². The third-order valence-corrected chi connectivity index (χ3v) is 3.40. The van der Waals surface area contributed by atoms with Crippen LogP contribution in [-0.4, -0.2) is 36.8 Å². The van der Waals surface area contributed by atoms with Gasteiger partial charge in [-0.15, -0.1) is 0 Å². The Kier molecular flexibility index (Phi) is 4.50. The highest BCUT2D eigenvalue weighted by Crippen LogP contribution is 2.22. The Bertz CT molecular complexity index is 485. The summed E-state index contributed by atoms with van der Waals surface area (Å²) in [6.07, 6.45) is -2.83. The molecule has 20 heavy (non-hydrogen) atoms. The van der Waals surface area contributed by atoms with E-state index in [1.807, 2.05) is 12.1 Å². The molecule has 1 aromatic carbocycles. The number of benzene rings is 1. The Morgan fingerprint density at radius 1 is 1.25 bits per heavy atom. The molecule has 1 aliphatic rings. The molecule has 6 heteroatoms. The van der Waals surface area contributed by atoms with Gasteiger partial charge < -0.3 is 5.32 Å². The molecular weight excluding hydrogens is 267 g/mol. The number of para-hydroxylation sites is 1. The van der Waals surface area contributed by atoms with Crippen molar-refractivity contribution in [3.05, 3.63) is 29.8 Å². The molecular formula is C14H16F3N3. The van der Waals surface area contributed by atoms with Crippen molar-refractivity contribution in [2.24, 2.45) is 0 Å². The average molecular weight is 283 g/mol. The van der Waals surface area contributed by atoms with Crippen molar-refractivity contribution in [2.75, 3.05) is 25.0 Å². The highest BCUT2D eigenvalue weighted by atomic mass is 19.4. The van der Waals surface area contributed by atoms with Crippen LogP contribution in [0, 0.1) is 11.3 Å². The molecule has 1 N–H and O–H groups in total. The number of rotatable bonds is 3. The molecule has 0 aromatic heterocycles. The average Bonchev–Trinajstić information content (AvgIpc) is 2.40. The number of alkyl halides is 3. The van der Waals surface area contributed by atoms with Gasteiger partial charge in [0.25, 0.3) is 0 Å². The van der Waals surface area contributed by atoms with Crippen LogP contribution in [0.1, 0.15) is 18.4 Å². The molecule has 1 saturated heterocycles. The zero-order valence-electron chi connectivity index (χ0n) is 11.0. The monoisotopic (exact) mass is 283 g/mol. The largest absolute Gasteiger partial charge is 0.401 e. The van der Waals surface area contributed by atoms with Gasteiger partial charge in [0.05, 0.1) is 17.8 Å². The smallest absolute Gasteiger partial charge is 0.381 e. The summed E-state index contributed by atoms with van der Waals surface area (Å²) in [6, 6.07) is 9.39. The summed E-state index contributed by atoms with van der Waals surface area (Å²) in [6.45, 7) is 0.00625. The lowest BCUT2D eigenvalue weighted by Crippen LogP contribution is -2.43. The number of nitrogens with one attached hydrogen (secondary N) is 1. The van der Waals surface area contributed by atoms with Crippen molar-refractivity contribution in [2.45, 2.75) is 25.1 Å². The first-order chi connectivity index (χ1) is 9.48. The van der Waals surface area contributed by atoms with Gasteiger partial charge in [-0.05, 0) is 25.0 Å². The Morgan fingerprint density at radius 3 is 2.50 bits per heavy atom. The fraction of sp³-hybridized carbons (Fsp3) is 0.500. The highest BCUT2D eigenvalue weighted by molar-refractivity contribution is 5.57. The van der Waals surface area contributed by atoms with Gasteiger partial charge in [0, 0.05) is 19.1 Å². The second-order valence-electron chi connectivity index (χ2n) is 4.97. The van der Waals surface area contributed by atoms with Crippen LogP contribution in [0.25, 0.3) is 0 Å². The lowest BCUT2D eigenvalue weighted by Gasteiger charge is -2.33. The summed E-state index contributed by atoms with van der Waals surface area (Å²) in [5, 5.41) is 12.2. The summed E-state index contributed by atoms with van der Waals surface area (Å²) in [5.74, 6) is 0. The fourth-order valence-electron chi connectivity index (χ4n) is 2.42. The van der Waals surface area contributed by atoms with E-state index in [1.54, 1.807) is 12.1 Å². The lowest BCUT2D eigenvalue weighted by molar-refractivity contribution is -0.147. The van der Waals surface area contributed by atoms with Crippen molar-refractivity contribution < 1.29 is 13.2 Å². The summed E-state index contributed by atoms with van der Waals surface area (Å²) in [4.78, 5) is 1.42. The van der Waals surface area contributed by atoms with E-state index in [0.717, 1.165) is 5.69 Å². The Balaban J connectivity index is 1.87. The SMILES string of the molecule is N#Cc1ccccc1NC1CCN(CC(F)(F)F)CC1. The number of hydrogen-bond acceptors (Lipinski definition) is 3. The van der Waals surface area contributed by atoms with Crippen molar-refractivity contribution in [1.82, 2.24) is 4.90 Å². The van der Waals surface area contributed by atoms with Crippen LogP contribution >= 0.6 is 0 Å². The van der Waals surface area contributed by atoms with Crippen LogP contribution < -0.4 is 5.32 Å². The maximum absolute atomic E-state index is 12.3. The van der Waals surface area contributed by atoms with Crippen LogP contribution in [0.4, 0.5) is 18.9 Å². The summed E-state index contributed by atoms with van der Waals surface area (Å²) >= 11 is 0. The van der Waals surface area contributed by atoms with Crippen molar-refractivity contribution in [3.8, 4) is 6.07 Å². The van der Waals surface area contributed by atoms with E-state index in [-0.39, 0.29) is 6.04 Å². The first-order valence-corrected chi connectivity index (χ1v) is 6.53. The van der Waals surface area contributed by atoms with Crippen molar-refractivity contribution in [1.29, 1.82) is 5.26 Å². The van der Waals surface area contributed by atoms with E-state index in [2.05, 4.69) is 11.4 Å². The second-order valence-corrected chi connectivity index (χ2v) is 4.97. The zero-order chi connectivity index (χ0) is 14.6. The van der Waals surface area contributed by atoms with E-state index in [0.29, 0.717) is 31.5 Å². The molecule has 0 bridgehead atoms. The molecule has 0 aliphatic carbocycles. The van der Waals surface area contributed by atoms with E-state index >= 15 is 0 Å². The molecule has 0 radical (unpaired) electrons. The predicted octanol–water partition coefficient (Wildman–Crippen LogP) is 3.00. The minimum absolute atomic E-state index is 0.119. The number of hydrogen-bond donors (Lipinski definition) is 1. The molecule has 108 valence electrons. The van der Waals surface area contributed by atoms with E-state index in [9.17, 15) is 13.2 Å². The Hall–Kier alpha value is -1.74. The third kappa shape index (κ3) is 4.14. The molecule has 1 fully saturated rings. The predicted molar refractivity (Wildman–Crippen MR) is 70.3 cm³/mol. The fourth-order valence-corrected chi connectivity index (χ4v) is 2.42. The third-order valence-electron chi connectivity index (χ3n) is 3.40. The topological polar surface area (TPSA) is 39.1 Å². The molecule has 0 atom stereocenters. The number of piperidine rings is 1. The summed E-state index contributed by atoms with van der Waals surface area (Å²) < 4.78 is 36.9. The number of halogens is 3. The normalized spacial score (nSPS) is 17.7. The van der Waals surface area contributed by atoms with Gasteiger partial charge in [0.15, 0.2) is 0 Å². The number of anilines is 1. The lowest BCUT2D eigenvalue weighted by atomic mass is 10.0. The summed E-state index contributed by atoms with van der Waals surface area (Å²) in [5.41, 5.74) is 1.31. The van der Waals surface area contributed by atoms with E-state index in [4.69, 9.17) is 5.26 Å². The van der Waals surface area contributed by atoms with Gasteiger partial charge in [-0.1, -0.05) is 12.1 Å². The first-order valence-electron chi connectivity index (χ1n) is 6.53. The van der Waals surface area contributed by atoms with Gasteiger partial charge >= 0.3 is 6.18 Å². The van der Waals surface area contributed by atoms with E-state index in [1.165, 1.54) is 4.90 Å². The standard InChI is InChI=1S/C14H16F3N3/c15-14(16,17)10-20-7-5-12(6-8-20)19-13-4-2-1-3-11(13)9-18/h1-4,12,19H,5-8,10H2. The molecule has 2 rings (SSSR count). The second kappa shape index (κ2) is 6.14. The number of likely N-dealkylation sites (tertiary alicyclic amines) is 1. The molecule has 1 heterocycles. The van der Waals surface area contributed by atoms with Crippen LogP contribution in [0.3, 0.4) is 0 Å². The van der Waals surface area contributed by atoms with Gasteiger partial charge in [-0.25, -0.2) is 0 Å². The maximum Gasteiger partial charge on any atom is 0.401 e. The van der Waals surface area contributed by atoms with Gasteiger partial charge in [-0.2, -0.15) is 18.4 Å². The molecule has 3 nitrogen and oxygen atoms in total. The maximum atomic E-state index is 12.3. The van der Waals surface area contributed by atoms with Crippen LogP contribution in [0.5, 0.6) is 0 Å². The minimum Gasteiger partial charge on any atom is -0.381 e. The highest BCUT2D eigenvalue weighted by Gasteiger charge is 2.32. The number of nitriles is 1. The first kappa shape index (κ1) is 14.7. The van der Waals surface area contributed by atoms with E-state index < -0.39 is 12.7 Å².